The smallest absolute Gasteiger partial charge is 0.407 e. The first-order valence-corrected chi connectivity index (χ1v) is 14.2. The second-order valence-corrected chi connectivity index (χ2v) is 12.2. The van der Waals surface area contributed by atoms with Crippen molar-refractivity contribution in [2.45, 2.75) is 50.2 Å². The van der Waals surface area contributed by atoms with Gasteiger partial charge >= 0.3 is 6.09 Å². The summed E-state index contributed by atoms with van der Waals surface area (Å²) in [6.45, 7) is 10.8. The van der Waals surface area contributed by atoms with Crippen LogP contribution in [0.25, 0.3) is 0 Å². The van der Waals surface area contributed by atoms with Gasteiger partial charge in [-0.05, 0) is 42.2 Å². The largest absolute Gasteiger partial charge is 0.491 e. The summed E-state index contributed by atoms with van der Waals surface area (Å²) >= 11 is 0. The molecule has 2 fully saturated rings. The fraction of sp³-hybridized carbons (Fsp3) is 0.464. The fourth-order valence-corrected chi connectivity index (χ4v) is 5.55. The van der Waals surface area contributed by atoms with Gasteiger partial charge < -0.3 is 19.5 Å². The molecule has 2 N–H and O–H groups in total. The molecule has 2 atom stereocenters. The molecular formula is C28H34N4O7S. The summed E-state index contributed by atoms with van der Waals surface area (Å²) < 4.78 is 42.9. The van der Waals surface area contributed by atoms with Crippen molar-refractivity contribution < 1.29 is 32.3 Å². The monoisotopic (exact) mass is 570 g/mol. The van der Waals surface area contributed by atoms with Gasteiger partial charge in [-0.1, -0.05) is 38.5 Å². The fourth-order valence-electron chi connectivity index (χ4n) is 4.67. The van der Waals surface area contributed by atoms with Crippen LogP contribution < -0.4 is 4.74 Å². The lowest BCUT2D eigenvalue weighted by atomic mass is 9.86. The standard InChI is InChI=1S/C17H18N4O4.C11H16O3S/c18-6-12-1-2-16(13(5-12)7-19)24-4-3-20-8-14-10-21(17(22)23)11-15(9-20)25-14;1-8-5-6-10(15(12,13)14)9(7-8)11(2,3)4/h1-2,5,14-15H,3-4,8-11H2,(H,22,23);5-7H,1-4H3,(H,12,13,14). The van der Waals surface area contributed by atoms with Crippen LogP contribution in [-0.4, -0.2) is 85.5 Å². The van der Waals surface area contributed by atoms with Crippen molar-refractivity contribution in [2.24, 2.45) is 0 Å². The summed E-state index contributed by atoms with van der Waals surface area (Å²) in [5.41, 5.74) is 2.08. The molecule has 2 unspecified atom stereocenters. The van der Waals surface area contributed by atoms with Gasteiger partial charge in [0.25, 0.3) is 10.1 Å². The molecule has 2 bridgehead atoms. The molecule has 2 aromatic carbocycles. The van der Waals surface area contributed by atoms with E-state index in [1.54, 1.807) is 24.3 Å². The number of carboxylic acid groups (broad SMARTS) is 1. The first kappa shape index (κ1) is 30.9. The zero-order valence-electron chi connectivity index (χ0n) is 23.0. The third-order valence-electron chi connectivity index (χ3n) is 6.54. The molecule has 0 spiro atoms. The van der Waals surface area contributed by atoms with Gasteiger partial charge in [0.05, 0.1) is 47.4 Å². The quantitative estimate of drug-likeness (QED) is 0.509. The topological polar surface area (TPSA) is 164 Å². The van der Waals surface area contributed by atoms with Crippen molar-refractivity contribution >= 4 is 16.2 Å². The SMILES string of the molecule is Cc1ccc(S(=O)(=O)O)c(C(C)(C)C)c1.N#Cc1ccc(OCCN2CC3CN(C(=O)O)CC(C2)O3)c(C#N)c1. The lowest BCUT2D eigenvalue weighted by Gasteiger charge is -2.44. The van der Waals surface area contributed by atoms with Gasteiger partial charge in [-0.2, -0.15) is 18.9 Å². The Hall–Kier alpha value is -3.68. The Kier molecular flexibility index (Phi) is 9.77. The molecule has 11 nitrogen and oxygen atoms in total. The Morgan fingerprint density at radius 1 is 1.07 bits per heavy atom. The van der Waals surface area contributed by atoms with Crippen molar-refractivity contribution in [1.29, 1.82) is 10.5 Å². The van der Waals surface area contributed by atoms with Crippen molar-refractivity contribution in [3.63, 3.8) is 0 Å². The molecule has 0 aromatic heterocycles. The van der Waals surface area contributed by atoms with E-state index >= 15 is 0 Å². The first-order chi connectivity index (χ1) is 18.7. The number of rotatable bonds is 5. The third kappa shape index (κ3) is 8.16. The van der Waals surface area contributed by atoms with Crippen LogP contribution >= 0.6 is 0 Å². The number of aryl methyl sites for hydroxylation is 1. The molecule has 0 radical (unpaired) electrons. The first-order valence-electron chi connectivity index (χ1n) is 12.7. The Balaban J connectivity index is 0.000000252. The van der Waals surface area contributed by atoms with Gasteiger partial charge in [-0.3, -0.25) is 9.45 Å². The molecule has 214 valence electrons. The van der Waals surface area contributed by atoms with E-state index in [0.29, 0.717) is 61.8 Å². The summed E-state index contributed by atoms with van der Waals surface area (Å²) in [4.78, 5) is 14.7. The minimum atomic E-state index is -4.13. The van der Waals surface area contributed by atoms with Gasteiger partial charge in [0.15, 0.2) is 0 Å². The van der Waals surface area contributed by atoms with E-state index < -0.39 is 16.2 Å². The van der Waals surface area contributed by atoms with E-state index in [9.17, 15) is 13.2 Å². The van der Waals surface area contributed by atoms with E-state index in [2.05, 4.69) is 4.90 Å². The molecular weight excluding hydrogens is 536 g/mol. The predicted octanol–water partition coefficient (Wildman–Crippen LogP) is 3.41. The number of nitriles is 2. The number of amides is 1. The van der Waals surface area contributed by atoms with Crippen LogP contribution in [0, 0.1) is 29.6 Å². The Labute approximate surface area is 234 Å². The summed E-state index contributed by atoms with van der Waals surface area (Å²) in [6.07, 6.45) is -1.14. The maximum absolute atomic E-state index is 11.2. The number of benzene rings is 2. The van der Waals surface area contributed by atoms with Crippen molar-refractivity contribution in [2.75, 3.05) is 39.3 Å². The molecule has 4 rings (SSSR count). The second-order valence-electron chi connectivity index (χ2n) is 10.8. The highest BCUT2D eigenvalue weighted by atomic mass is 32.2. The molecule has 2 aromatic rings. The number of carbonyl (C=O) groups is 1. The average molecular weight is 571 g/mol. The molecule has 2 heterocycles. The second kappa shape index (κ2) is 12.7. The van der Waals surface area contributed by atoms with Gasteiger partial charge in [0.2, 0.25) is 0 Å². The van der Waals surface area contributed by atoms with E-state index in [4.69, 9.17) is 29.7 Å². The highest BCUT2D eigenvalue weighted by molar-refractivity contribution is 7.85. The Bertz CT molecular complexity index is 1410. The van der Waals surface area contributed by atoms with Crippen molar-refractivity contribution in [1.82, 2.24) is 9.80 Å². The zero-order chi connectivity index (χ0) is 29.7. The number of hydrogen-bond acceptors (Lipinski definition) is 8. The molecule has 2 aliphatic heterocycles. The van der Waals surface area contributed by atoms with E-state index in [0.717, 1.165) is 5.56 Å². The average Bonchev–Trinajstić information content (AvgIpc) is 2.87. The number of nitrogens with zero attached hydrogens (tertiary/aromatic N) is 4. The number of hydrogen-bond donors (Lipinski definition) is 2. The highest BCUT2D eigenvalue weighted by Gasteiger charge is 2.36. The molecule has 2 saturated heterocycles. The summed E-state index contributed by atoms with van der Waals surface area (Å²) in [7, 11) is -4.13. The normalized spacial score (nSPS) is 19.0. The van der Waals surface area contributed by atoms with Crippen LogP contribution in [-0.2, 0) is 20.3 Å². The molecule has 1 amide bonds. The maximum Gasteiger partial charge on any atom is 0.407 e. The summed E-state index contributed by atoms with van der Waals surface area (Å²) in [5.74, 6) is 0.465. The van der Waals surface area contributed by atoms with Crippen LogP contribution in [0.3, 0.4) is 0 Å². The van der Waals surface area contributed by atoms with Gasteiger partial charge in [0, 0.05) is 19.6 Å². The predicted molar refractivity (Wildman–Crippen MR) is 146 cm³/mol. The Morgan fingerprint density at radius 2 is 1.73 bits per heavy atom. The summed E-state index contributed by atoms with van der Waals surface area (Å²) in [5, 5.41) is 27.1. The maximum atomic E-state index is 11.2. The van der Waals surface area contributed by atoms with Crippen molar-refractivity contribution in [3.05, 3.63) is 58.7 Å². The third-order valence-corrected chi connectivity index (χ3v) is 7.45. The molecule has 0 aliphatic carbocycles. The summed E-state index contributed by atoms with van der Waals surface area (Å²) in [6, 6.07) is 13.7. The van der Waals surface area contributed by atoms with Crippen LogP contribution in [0.4, 0.5) is 4.79 Å². The van der Waals surface area contributed by atoms with Crippen LogP contribution in [0.5, 0.6) is 5.75 Å². The van der Waals surface area contributed by atoms with E-state index in [1.165, 1.54) is 17.0 Å². The molecule has 0 saturated carbocycles. The number of ether oxygens (including phenoxy) is 2. The van der Waals surface area contributed by atoms with Crippen LogP contribution in [0.2, 0.25) is 0 Å². The molecule has 2 aliphatic rings. The van der Waals surface area contributed by atoms with Crippen molar-refractivity contribution in [3.8, 4) is 17.9 Å². The molecule has 40 heavy (non-hydrogen) atoms. The zero-order valence-corrected chi connectivity index (χ0v) is 23.8. The van der Waals surface area contributed by atoms with Crippen LogP contribution in [0.15, 0.2) is 41.3 Å². The van der Waals surface area contributed by atoms with Crippen LogP contribution in [0.1, 0.15) is 43.0 Å². The van der Waals surface area contributed by atoms with E-state index in [-0.39, 0.29) is 22.5 Å². The highest BCUT2D eigenvalue weighted by Crippen LogP contribution is 2.29. The lowest BCUT2D eigenvalue weighted by Crippen LogP contribution is -2.60. The number of fused-ring (bicyclic) bond motifs is 2. The lowest BCUT2D eigenvalue weighted by molar-refractivity contribution is -0.132. The minimum absolute atomic E-state index is 0.000556. The van der Waals surface area contributed by atoms with E-state index in [1.807, 2.05) is 39.8 Å². The number of morpholine rings is 2. The Morgan fingerprint density at radius 3 is 2.25 bits per heavy atom. The van der Waals surface area contributed by atoms with Gasteiger partial charge in [-0.25, -0.2) is 4.79 Å². The molecule has 12 heteroatoms. The van der Waals surface area contributed by atoms with Gasteiger partial charge in [0.1, 0.15) is 18.4 Å². The van der Waals surface area contributed by atoms with Gasteiger partial charge in [-0.15, -0.1) is 0 Å². The minimum Gasteiger partial charge on any atom is -0.491 e.